The van der Waals surface area contributed by atoms with Gasteiger partial charge in [0.2, 0.25) is 5.91 Å². The fourth-order valence-electron chi connectivity index (χ4n) is 2.69. The lowest BCUT2D eigenvalue weighted by molar-refractivity contribution is -0.119. The number of amidine groups is 1. The van der Waals surface area contributed by atoms with Gasteiger partial charge in [0, 0.05) is 0 Å². The van der Waals surface area contributed by atoms with E-state index in [1.165, 1.54) is 4.90 Å². The van der Waals surface area contributed by atoms with Gasteiger partial charge < -0.3 is 5.73 Å². The highest BCUT2D eigenvalue weighted by Crippen LogP contribution is 2.32. The van der Waals surface area contributed by atoms with E-state index in [1.54, 1.807) is 43.3 Å². The van der Waals surface area contributed by atoms with E-state index in [9.17, 15) is 14.4 Å². The normalized spacial score (nSPS) is 15.7. The molecular weight excluding hydrogens is 459 g/mol. The number of aliphatic imine (C=N–C) groups is 1. The summed E-state index contributed by atoms with van der Waals surface area (Å²) in [5.74, 6) is -0.946. The number of nitrogens with one attached hydrogen (secondary N) is 1. The Labute approximate surface area is 193 Å². The summed E-state index contributed by atoms with van der Waals surface area (Å²) in [5.41, 5.74) is 7.47. The van der Waals surface area contributed by atoms with Crippen molar-refractivity contribution in [3.05, 3.63) is 69.3 Å². The standard InChI is InChI=1S/C21H18Cl2N4O3S/c1-11-3-6-14(7-4-11)27-19(29)17(10-13-5-8-15(22)16(23)9-13)25-21(27)31-12(2)18(28)26-20(24)30/h3-10,12H,1-2H3,(H3,24,26,28,30)/b17-10-. The van der Waals surface area contributed by atoms with Gasteiger partial charge in [-0.3, -0.25) is 19.8 Å². The lowest BCUT2D eigenvalue weighted by Crippen LogP contribution is -2.41. The molecule has 0 saturated carbocycles. The predicted molar refractivity (Wildman–Crippen MR) is 125 cm³/mol. The first-order valence-electron chi connectivity index (χ1n) is 9.09. The van der Waals surface area contributed by atoms with Gasteiger partial charge in [0.15, 0.2) is 5.17 Å². The molecule has 0 fully saturated rings. The maximum Gasteiger partial charge on any atom is 0.318 e. The number of primary amides is 1. The van der Waals surface area contributed by atoms with Gasteiger partial charge in [-0.15, -0.1) is 0 Å². The smallest absolute Gasteiger partial charge is 0.318 e. The lowest BCUT2D eigenvalue weighted by Gasteiger charge is -2.19. The van der Waals surface area contributed by atoms with Crippen LogP contribution in [0.3, 0.4) is 0 Å². The van der Waals surface area contributed by atoms with E-state index in [-0.39, 0.29) is 11.6 Å². The highest BCUT2D eigenvalue weighted by atomic mass is 35.5. The summed E-state index contributed by atoms with van der Waals surface area (Å²) in [7, 11) is 0. The molecule has 0 bridgehead atoms. The van der Waals surface area contributed by atoms with E-state index in [4.69, 9.17) is 28.9 Å². The monoisotopic (exact) mass is 476 g/mol. The average molecular weight is 477 g/mol. The maximum atomic E-state index is 13.2. The Bertz CT molecular complexity index is 1120. The lowest BCUT2D eigenvalue weighted by atomic mass is 10.2. The molecule has 3 rings (SSSR count). The number of rotatable bonds is 4. The molecule has 0 spiro atoms. The van der Waals surface area contributed by atoms with Crippen LogP contribution in [0.1, 0.15) is 18.1 Å². The number of carbonyl (C=O) groups excluding carboxylic acids is 3. The molecule has 0 saturated heterocycles. The topological polar surface area (TPSA) is 105 Å². The fraction of sp³-hybridized carbons (Fsp3) is 0.143. The van der Waals surface area contributed by atoms with Gasteiger partial charge in [-0.05, 0) is 49.8 Å². The minimum absolute atomic E-state index is 0.170. The van der Waals surface area contributed by atoms with Crippen LogP contribution in [-0.2, 0) is 9.59 Å². The van der Waals surface area contributed by atoms with Crippen LogP contribution in [0.5, 0.6) is 0 Å². The summed E-state index contributed by atoms with van der Waals surface area (Å²) in [6.07, 6.45) is 1.59. The van der Waals surface area contributed by atoms with E-state index < -0.39 is 17.2 Å². The van der Waals surface area contributed by atoms with Gasteiger partial charge in [0.25, 0.3) is 5.91 Å². The second-order valence-corrected chi connectivity index (χ2v) is 8.81. The zero-order valence-corrected chi connectivity index (χ0v) is 18.9. The molecule has 0 aliphatic carbocycles. The predicted octanol–water partition coefficient (Wildman–Crippen LogP) is 4.36. The molecule has 1 atom stereocenters. The van der Waals surface area contributed by atoms with Gasteiger partial charge in [-0.2, -0.15) is 0 Å². The van der Waals surface area contributed by atoms with Crippen LogP contribution >= 0.6 is 35.0 Å². The first-order chi connectivity index (χ1) is 14.7. The highest BCUT2D eigenvalue weighted by Gasteiger charge is 2.34. The Morgan fingerprint density at radius 2 is 1.84 bits per heavy atom. The van der Waals surface area contributed by atoms with E-state index in [2.05, 4.69) is 4.99 Å². The third-order valence-electron chi connectivity index (χ3n) is 4.27. The zero-order valence-electron chi connectivity index (χ0n) is 16.6. The molecule has 1 heterocycles. The number of hydrogen-bond donors (Lipinski definition) is 2. The first-order valence-corrected chi connectivity index (χ1v) is 10.7. The SMILES string of the molecule is Cc1ccc(N2C(=O)/C(=C/c3ccc(Cl)c(Cl)c3)N=C2SC(C)C(=O)NC(N)=O)cc1. The second-order valence-electron chi connectivity index (χ2n) is 6.69. The number of carbonyl (C=O) groups is 3. The summed E-state index contributed by atoms with van der Waals surface area (Å²) in [4.78, 5) is 42.1. The average Bonchev–Trinajstić information content (AvgIpc) is 3.00. The molecule has 160 valence electrons. The molecule has 10 heteroatoms. The largest absolute Gasteiger partial charge is 0.351 e. The summed E-state index contributed by atoms with van der Waals surface area (Å²) < 4.78 is 0. The summed E-state index contributed by atoms with van der Waals surface area (Å²) >= 11 is 13.1. The van der Waals surface area contributed by atoms with E-state index in [0.717, 1.165) is 17.3 Å². The number of thioether (sulfide) groups is 1. The Kier molecular flexibility index (Phi) is 7.04. The first kappa shape index (κ1) is 22.9. The van der Waals surface area contributed by atoms with Crippen LogP contribution in [0.4, 0.5) is 10.5 Å². The third-order valence-corrected chi connectivity index (χ3v) is 6.06. The Morgan fingerprint density at radius 1 is 1.16 bits per heavy atom. The Balaban J connectivity index is 1.97. The minimum Gasteiger partial charge on any atom is -0.351 e. The minimum atomic E-state index is -0.947. The van der Waals surface area contributed by atoms with Crippen molar-refractivity contribution in [1.29, 1.82) is 0 Å². The molecule has 7 nitrogen and oxygen atoms in total. The van der Waals surface area contributed by atoms with E-state index >= 15 is 0 Å². The second kappa shape index (κ2) is 9.55. The fourth-order valence-corrected chi connectivity index (χ4v) is 3.93. The molecule has 0 aromatic heterocycles. The molecule has 1 aliphatic heterocycles. The number of hydrogen-bond acceptors (Lipinski definition) is 5. The van der Waals surface area contributed by atoms with Crippen LogP contribution in [-0.4, -0.2) is 28.3 Å². The number of nitrogens with two attached hydrogens (primary N) is 1. The van der Waals surface area contributed by atoms with Crippen molar-refractivity contribution < 1.29 is 14.4 Å². The quantitative estimate of drug-likeness (QED) is 0.639. The van der Waals surface area contributed by atoms with Crippen LogP contribution in [0, 0.1) is 6.92 Å². The van der Waals surface area contributed by atoms with Gasteiger partial charge in [-0.1, -0.05) is 58.7 Å². The summed E-state index contributed by atoms with van der Waals surface area (Å²) in [6, 6.07) is 11.3. The van der Waals surface area contributed by atoms with Gasteiger partial charge in [0.1, 0.15) is 5.70 Å². The Hall–Kier alpha value is -2.81. The van der Waals surface area contributed by atoms with Crippen LogP contribution in [0.2, 0.25) is 10.0 Å². The number of imide groups is 1. The molecule has 2 aromatic rings. The van der Waals surface area contributed by atoms with Crippen molar-refractivity contribution in [3.8, 4) is 0 Å². The molecule has 2 aromatic carbocycles. The Morgan fingerprint density at radius 3 is 2.45 bits per heavy atom. The van der Waals surface area contributed by atoms with E-state index in [0.29, 0.717) is 26.5 Å². The van der Waals surface area contributed by atoms with Crippen molar-refractivity contribution in [1.82, 2.24) is 5.32 Å². The molecule has 1 aliphatic rings. The van der Waals surface area contributed by atoms with E-state index in [1.807, 2.05) is 24.4 Å². The van der Waals surface area contributed by atoms with Crippen molar-refractivity contribution >= 4 is 69.7 Å². The zero-order chi connectivity index (χ0) is 22.7. The van der Waals surface area contributed by atoms with Gasteiger partial charge in [-0.25, -0.2) is 9.79 Å². The third kappa shape index (κ3) is 5.46. The number of urea groups is 1. The number of halogens is 2. The summed E-state index contributed by atoms with van der Waals surface area (Å²) in [6.45, 7) is 3.52. The van der Waals surface area contributed by atoms with Crippen LogP contribution in [0.25, 0.3) is 6.08 Å². The van der Waals surface area contributed by atoms with Crippen molar-refractivity contribution in [2.45, 2.75) is 19.1 Å². The maximum absolute atomic E-state index is 13.2. The number of nitrogens with zero attached hydrogens (tertiary/aromatic N) is 2. The van der Waals surface area contributed by atoms with Crippen molar-refractivity contribution in [2.75, 3.05) is 4.90 Å². The summed E-state index contributed by atoms with van der Waals surface area (Å²) in [5, 5.41) is 2.36. The molecule has 4 amide bonds. The van der Waals surface area contributed by atoms with Crippen molar-refractivity contribution in [2.24, 2.45) is 10.7 Å². The molecule has 0 radical (unpaired) electrons. The van der Waals surface area contributed by atoms with Crippen LogP contribution < -0.4 is 16.0 Å². The van der Waals surface area contributed by atoms with Gasteiger partial charge in [0.05, 0.1) is 21.0 Å². The molecule has 31 heavy (non-hydrogen) atoms. The number of amides is 4. The number of anilines is 1. The molecular formula is C21H18Cl2N4O3S. The van der Waals surface area contributed by atoms with Gasteiger partial charge >= 0.3 is 6.03 Å². The number of aryl methyl sites for hydroxylation is 1. The molecule has 1 unspecified atom stereocenters. The van der Waals surface area contributed by atoms with Crippen molar-refractivity contribution in [3.63, 3.8) is 0 Å². The number of benzene rings is 2. The van der Waals surface area contributed by atoms with Crippen LogP contribution in [0.15, 0.2) is 53.2 Å². The molecule has 3 N–H and O–H groups in total. The highest BCUT2D eigenvalue weighted by molar-refractivity contribution is 8.15.